The molecule has 2 atom stereocenters. The molecule has 0 rings (SSSR count). The molecule has 0 heterocycles. The van der Waals surface area contributed by atoms with E-state index in [-0.39, 0.29) is 38.2 Å². The van der Waals surface area contributed by atoms with Crippen LogP contribution >= 0.6 is 0 Å². The van der Waals surface area contributed by atoms with Gasteiger partial charge in [-0.3, -0.25) is 9.59 Å². The van der Waals surface area contributed by atoms with Crippen molar-refractivity contribution in [1.29, 1.82) is 0 Å². The SMILES string of the molecule is CC/C=C\C/C=C\C/C=C\C/C=C\C/C=C\C/C=C\C/C=C\CCCCCCCCCCCCCCCCCC(=O)OC(COC(=O)CCCCCCCCCCCCCCCCCCCCCCCCCCCCCCCCCCCCCCCCCCC)COC(OCC[N+](C)(C)C)C(=O)O. The highest BCUT2D eigenvalue weighted by atomic mass is 16.7. The summed E-state index contributed by atoms with van der Waals surface area (Å²) < 4.78 is 23.1. The average molecular weight is 1440 g/mol. The number of carboxylic acid groups (broad SMARTS) is 1. The molecule has 0 aromatic heterocycles. The van der Waals surface area contributed by atoms with Crippen molar-refractivity contribution in [3.05, 3.63) is 85.1 Å². The fraction of sp³-hybridized carbons (Fsp3) is 0.819. The maximum absolute atomic E-state index is 13.0. The van der Waals surface area contributed by atoms with E-state index in [0.717, 1.165) is 83.5 Å². The van der Waals surface area contributed by atoms with Crippen molar-refractivity contribution in [3.63, 3.8) is 0 Å². The van der Waals surface area contributed by atoms with Gasteiger partial charge >= 0.3 is 17.9 Å². The van der Waals surface area contributed by atoms with E-state index >= 15 is 0 Å². The van der Waals surface area contributed by atoms with Crippen molar-refractivity contribution in [2.75, 3.05) is 47.5 Å². The Morgan fingerprint density at radius 1 is 0.301 bits per heavy atom. The number of likely N-dealkylation sites (N-methyl/N-ethyl adjacent to an activating group) is 1. The zero-order chi connectivity index (χ0) is 74.6. The maximum Gasteiger partial charge on any atom is 0.361 e. The van der Waals surface area contributed by atoms with E-state index in [2.05, 4.69) is 98.9 Å². The van der Waals surface area contributed by atoms with Gasteiger partial charge in [-0.1, -0.05) is 439 Å². The molecule has 1 N–H and O–H groups in total. The number of ether oxygens (including phenoxy) is 4. The number of allylic oxidation sites excluding steroid dienone is 14. The first kappa shape index (κ1) is 99.5. The summed E-state index contributed by atoms with van der Waals surface area (Å²) in [5.41, 5.74) is 0. The van der Waals surface area contributed by atoms with Crippen molar-refractivity contribution in [2.24, 2.45) is 0 Å². The summed E-state index contributed by atoms with van der Waals surface area (Å²) in [6.07, 6.45) is 114. The Hall–Kier alpha value is -3.53. The zero-order valence-electron chi connectivity index (χ0n) is 69.0. The first-order chi connectivity index (χ1) is 50.6. The Morgan fingerprint density at radius 3 is 0.825 bits per heavy atom. The molecule has 600 valence electrons. The van der Waals surface area contributed by atoms with Crippen molar-refractivity contribution < 1.29 is 42.9 Å². The summed E-state index contributed by atoms with van der Waals surface area (Å²) in [5.74, 6) is -1.98. The fourth-order valence-corrected chi connectivity index (χ4v) is 13.4. The molecule has 103 heavy (non-hydrogen) atoms. The summed E-state index contributed by atoms with van der Waals surface area (Å²) in [5, 5.41) is 9.79. The van der Waals surface area contributed by atoms with E-state index in [1.54, 1.807) is 0 Å². The quantitative estimate of drug-likeness (QED) is 0.0211. The highest BCUT2D eigenvalue weighted by Crippen LogP contribution is 2.21. The molecule has 0 radical (unpaired) electrons. The van der Waals surface area contributed by atoms with Gasteiger partial charge in [0.2, 0.25) is 0 Å². The van der Waals surface area contributed by atoms with Crippen molar-refractivity contribution >= 4 is 17.9 Å². The minimum Gasteiger partial charge on any atom is -0.477 e. The molecule has 0 amide bonds. The molecular weight excluding hydrogens is 1270 g/mol. The third-order valence-electron chi connectivity index (χ3n) is 20.2. The minimum atomic E-state index is -1.51. The Bertz CT molecular complexity index is 1980. The average Bonchev–Trinajstić information content (AvgIpc) is 1.16. The highest BCUT2D eigenvalue weighted by molar-refractivity contribution is 5.71. The van der Waals surface area contributed by atoms with Crippen LogP contribution in [0.5, 0.6) is 0 Å². The van der Waals surface area contributed by atoms with Crippen LogP contribution < -0.4 is 0 Å². The lowest BCUT2D eigenvalue weighted by Gasteiger charge is -2.25. The second kappa shape index (κ2) is 84.1. The Labute approximate surface area is 640 Å². The summed E-state index contributed by atoms with van der Waals surface area (Å²) in [6, 6.07) is 0. The first-order valence-electron chi connectivity index (χ1n) is 44.8. The first-order valence-corrected chi connectivity index (χ1v) is 44.8. The number of hydrogen-bond acceptors (Lipinski definition) is 7. The summed E-state index contributed by atoms with van der Waals surface area (Å²) in [4.78, 5) is 37.8. The molecular formula is C94H172NO8+. The molecule has 9 nitrogen and oxygen atoms in total. The summed E-state index contributed by atoms with van der Waals surface area (Å²) in [7, 11) is 6.00. The molecule has 0 spiro atoms. The van der Waals surface area contributed by atoms with E-state index in [1.165, 1.54) is 327 Å². The standard InChI is InChI=1S/C94H171NO8/c1-6-8-10-12-14-16-18-20-22-24-26-28-30-32-34-36-38-40-42-44-45-46-47-49-50-52-54-56-58-60-62-64-66-68-70-72-74-76-78-80-82-84-91(96)101-88-90(89-102-94(93(98)99)100-87-86-95(3,4)5)103-92(97)85-83-81-79-77-75-73-71-69-67-65-63-61-59-57-55-53-51-48-43-41-39-37-35-33-31-29-27-25-23-21-19-17-15-13-11-9-7-2/h9,11,15,17,21,23,27,29,33,35,39,41,48,51,90,94H,6-8,10,12-14,16,18-20,22,24-26,28,30-32,34,36-38,40,42-47,49-50,52-89H2,1-5H3/p+1/b11-9-,17-15-,23-21-,29-27-,35-33-,41-39-,51-48-. The van der Waals surface area contributed by atoms with Crippen LogP contribution in [-0.4, -0.2) is 87.4 Å². The molecule has 0 saturated heterocycles. The van der Waals surface area contributed by atoms with Crippen LogP contribution in [-0.2, 0) is 33.3 Å². The van der Waals surface area contributed by atoms with E-state index in [4.69, 9.17) is 18.9 Å². The lowest BCUT2D eigenvalue weighted by molar-refractivity contribution is -0.870. The maximum atomic E-state index is 13.0. The summed E-state index contributed by atoms with van der Waals surface area (Å²) in [6.45, 7) is 4.83. The number of quaternary nitrogens is 1. The van der Waals surface area contributed by atoms with E-state index in [0.29, 0.717) is 17.4 Å². The number of aliphatic carboxylic acids is 1. The van der Waals surface area contributed by atoms with Gasteiger partial charge in [0.1, 0.15) is 13.2 Å². The normalized spacial score (nSPS) is 13.0. The van der Waals surface area contributed by atoms with Gasteiger partial charge in [0, 0.05) is 12.8 Å². The number of esters is 2. The van der Waals surface area contributed by atoms with Gasteiger partial charge in [0.25, 0.3) is 6.29 Å². The van der Waals surface area contributed by atoms with Gasteiger partial charge in [0.15, 0.2) is 6.10 Å². The Kier molecular flexibility index (Phi) is 81.2. The lowest BCUT2D eigenvalue weighted by atomic mass is 10.0. The van der Waals surface area contributed by atoms with E-state index in [1.807, 2.05) is 21.1 Å². The minimum absolute atomic E-state index is 0.179. The molecule has 0 aromatic carbocycles. The lowest BCUT2D eigenvalue weighted by Crippen LogP contribution is -2.40. The van der Waals surface area contributed by atoms with Crippen LogP contribution in [0.25, 0.3) is 0 Å². The molecule has 9 heteroatoms. The second-order valence-electron chi connectivity index (χ2n) is 31.5. The predicted octanol–water partition coefficient (Wildman–Crippen LogP) is 29.3. The van der Waals surface area contributed by atoms with Gasteiger partial charge in [-0.15, -0.1) is 0 Å². The summed E-state index contributed by atoms with van der Waals surface area (Å²) >= 11 is 0. The molecule has 0 bridgehead atoms. The smallest absolute Gasteiger partial charge is 0.361 e. The predicted molar refractivity (Wildman–Crippen MR) is 447 cm³/mol. The number of hydrogen-bond donors (Lipinski definition) is 1. The monoisotopic (exact) mass is 1440 g/mol. The van der Waals surface area contributed by atoms with Crippen molar-refractivity contribution in [2.45, 2.75) is 450 Å². The Balaban J connectivity index is 3.93. The van der Waals surface area contributed by atoms with Crippen molar-refractivity contribution in [3.8, 4) is 0 Å². The third kappa shape index (κ3) is 85.6. The number of carboxylic acids is 1. The fourth-order valence-electron chi connectivity index (χ4n) is 13.4. The van der Waals surface area contributed by atoms with Crippen LogP contribution in [0.2, 0.25) is 0 Å². The van der Waals surface area contributed by atoms with Gasteiger partial charge in [-0.2, -0.15) is 0 Å². The number of unbranched alkanes of at least 4 members (excludes halogenated alkanes) is 55. The van der Waals surface area contributed by atoms with Crippen LogP contribution in [0.1, 0.15) is 438 Å². The third-order valence-corrected chi connectivity index (χ3v) is 20.2. The molecule has 0 fully saturated rings. The number of rotatable bonds is 84. The highest BCUT2D eigenvalue weighted by Gasteiger charge is 2.25. The van der Waals surface area contributed by atoms with Crippen molar-refractivity contribution in [1.82, 2.24) is 0 Å². The van der Waals surface area contributed by atoms with Crippen LogP contribution in [0.15, 0.2) is 85.1 Å². The van der Waals surface area contributed by atoms with Crippen LogP contribution in [0, 0.1) is 0 Å². The molecule has 0 saturated carbocycles. The number of carbonyl (C=O) groups is 3. The number of carbonyl (C=O) groups excluding carboxylic acids is 2. The van der Waals surface area contributed by atoms with E-state index < -0.39 is 18.4 Å². The van der Waals surface area contributed by atoms with Crippen LogP contribution in [0.4, 0.5) is 0 Å². The van der Waals surface area contributed by atoms with Crippen LogP contribution in [0.3, 0.4) is 0 Å². The van der Waals surface area contributed by atoms with Gasteiger partial charge in [-0.05, 0) is 70.6 Å². The number of nitrogens with zero attached hydrogens (tertiary/aromatic N) is 1. The van der Waals surface area contributed by atoms with E-state index in [9.17, 15) is 19.5 Å². The Morgan fingerprint density at radius 2 is 0.553 bits per heavy atom. The molecule has 0 aromatic rings. The van der Waals surface area contributed by atoms with Gasteiger partial charge in [0.05, 0.1) is 34.4 Å². The van der Waals surface area contributed by atoms with Gasteiger partial charge < -0.3 is 28.5 Å². The second-order valence-corrected chi connectivity index (χ2v) is 31.5. The molecule has 0 aliphatic carbocycles. The topological polar surface area (TPSA) is 108 Å². The molecule has 0 aliphatic rings. The molecule has 2 unspecified atom stereocenters. The van der Waals surface area contributed by atoms with Gasteiger partial charge in [-0.25, -0.2) is 4.79 Å². The molecule has 0 aliphatic heterocycles. The zero-order valence-corrected chi connectivity index (χ0v) is 69.0. The largest absolute Gasteiger partial charge is 0.477 e.